The Morgan fingerprint density at radius 3 is 2.08 bits per heavy atom. The second-order valence-electron chi connectivity index (χ2n) is 3.68. The van der Waals surface area contributed by atoms with Crippen LogP contribution in [0.15, 0.2) is 0 Å². The summed E-state index contributed by atoms with van der Waals surface area (Å²) in [5, 5.41) is 0. The Kier molecular flexibility index (Phi) is 7.58. The zero-order chi connectivity index (χ0) is 9.40. The van der Waals surface area contributed by atoms with Crippen molar-refractivity contribution in [2.75, 3.05) is 19.6 Å². The summed E-state index contributed by atoms with van der Waals surface area (Å²) in [6.07, 6.45) is 4.10. The standard InChI is InChI=1S/C11H25N/c1-5-11(4)9-8-10-12(6-2)7-3/h11H,5-10H2,1-4H3. The van der Waals surface area contributed by atoms with E-state index >= 15 is 0 Å². The molecule has 0 rings (SSSR count). The molecule has 0 heterocycles. The molecule has 0 bridgehead atoms. The molecule has 0 radical (unpaired) electrons. The third kappa shape index (κ3) is 5.59. The first-order valence-electron chi connectivity index (χ1n) is 5.46. The molecule has 0 saturated heterocycles. The first-order chi connectivity index (χ1) is 5.74. The highest BCUT2D eigenvalue weighted by Crippen LogP contribution is 2.09. The number of hydrogen-bond donors (Lipinski definition) is 0. The van der Waals surface area contributed by atoms with Gasteiger partial charge in [0.2, 0.25) is 0 Å². The Morgan fingerprint density at radius 2 is 1.67 bits per heavy atom. The smallest absolute Gasteiger partial charge is 0.00189 e. The molecule has 0 aliphatic heterocycles. The minimum Gasteiger partial charge on any atom is -0.304 e. The van der Waals surface area contributed by atoms with Gasteiger partial charge in [-0.05, 0) is 38.4 Å². The summed E-state index contributed by atoms with van der Waals surface area (Å²) >= 11 is 0. The highest BCUT2D eigenvalue weighted by atomic mass is 15.1. The van der Waals surface area contributed by atoms with Gasteiger partial charge in [-0.2, -0.15) is 0 Å². The van der Waals surface area contributed by atoms with Crippen LogP contribution in [0.2, 0.25) is 0 Å². The highest BCUT2D eigenvalue weighted by molar-refractivity contribution is 4.55. The third-order valence-corrected chi connectivity index (χ3v) is 2.76. The molecule has 1 heteroatoms. The predicted octanol–water partition coefficient (Wildman–Crippen LogP) is 3.15. The van der Waals surface area contributed by atoms with Crippen molar-refractivity contribution >= 4 is 0 Å². The maximum Gasteiger partial charge on any atom is -0.00189 e. The van der Waals surface area contributed by atoms with E-state index in [0.717, 1.165) is 5.92 Å². The van der Waals surface area contributed by atoms with E-state index in [-0.39, 0.29) is 0 Å². The van der Waals surface area contributed by atoms with Gasteiger partial charge in [0.25, 0.3) is 0 Å². The lowest BCUT2D eigenvalue weighted by Gasteiger charge is -2.18. The molecule has 0 aliphatic rings. The Bertz CT molecular complexity index is 87.0. The minimum absolute atomic E-state index is 0.917. The molecule has 0 fully saturated rings. The summed E-state index contributed by atoms with van der Waals surface area (Å²) in [6, 6.07) is 0. The van der Waals surface area contributed by atoms with Gasteiger partial charge in [-0.3, -0.25) is 0 Å². The minimum atomic E-state index is 0.917. The quantitative estimate of drug-likeness (QED) is 0.569. The first-order valence-corrected chi connectivity index (χ1v) is 5.46. The van der Waals surface area contributed by atoms with Crippen LogP contribution in [0.1, 0.15) is 47.0 Å². The van der Waals surface area contributed by atoms with Gasteiger partial charge < -0.3 is 4.90 Å². The second kappa shape index (κ2) is 7.60. The molecule has 12 heavy (non-hydrogen) atoms. The Labute approximate surface area is 78.1 Å². The molecule has 1 nitrogen and oxygen atoms in total. The Balaban J connectivity index is 3.28. The van der Waals surface area contributed by atoms with Crippen molar-refractivity contribution in [3.8, 4) is 0 Å². The van der Waals surface area contributed by atoms with E-state index in [4.69, 9.17) is 0 Å². The summed E-state index contributed by atoms with van der Waals surface area (Å²) in [4.78, 5) is 2.50. The van der Waals surface area contributed by atoms with E-state index in [0.29, 0.717) is 0 Å². The molecular weight excluding hydrogens is 146 g/mol. The fraction of sp³-hybridized carbons (Fsp3) is 1.00. The number of hydrogen-bond acceptors (Lipinski definition) is 1. The molecule has 0 aromatic carbocycles. The normalized spacial score (nSPS) is 13.8. The van der Waals surface area contributed by atoms with E-state index in [9.17, 15) is 0 Å². The van der Waals surface area contributed by atoms with Gasteiger partial charge >= 0.3 is 0 Å². The van der Waals surface area contributed by atoms with Gasteiger partial charge in [-0.25, -0.2) is 0 Å². The topological polar surface area (TPSA) is 3.24 Å². The number of nitrogens with zero attached hydrogens (tertiary/aromatic N) is 1. The average Bonchev–Trinajstić information content (AvgIpc) is 2.12. The SMILES string of the molecule is CCC(C)CCCN(CC)CC. The fourth-order valence-electron chi connectivity index (χ4n) is 1.41. The van der Waals surface area contributed by atoms with E-state index in [1.165, 1.54) is 38.9 Å². The van der Waals surface area contributed by atoms with E-state index in [2.05, 4.69) is 32.6 Å². The van der Waals surface area contributed by atoms with Gasteiger partial charge in [0.1, 0.15) is 0 Å². The van der Waals surface area contributed by atoms with Crippen LogP contribution in [-0.2, 0) is 0 Å². The number of rotatable bonds is 7. The molecule has 0 aromatic rings. The van der Waals surface area contributed by atoms with Crippen LogP contribution >= 0.6 is 0 Å². The maximum atomic E-state index is 2.50. The van der Waals surface area contributed by atoms with Crippen LogP contribution in [-0.4, -0.2) is 24.5 Å². The van der Waals surface area contributed by atoms with Gasteiger partial charge in [0.05, 0.1) is 0 Å². The maximum absolute atomic E-state index is 2.50. The zero-order valence-electron chi connectivity index (χ0n) is 9.27. The highest BCUT2D eigenvalue weighted by Gasteiger charge is 2.01. The van der Waals surface area contributed by atoms with E-state index in [1.807, 2.05) is 0 Å². The molecule has 0 aromatic heterocycles. The van der Waals surface area contributed by atoms with Crippen LogP contribution < -0.4 is 0 Å². The second-order valence-corrected chi connectivity index (χ2v) is 3.68. The van der Waals surface area contributed by atoms with Gasteiger partial charge in [-0.1, -0.05) is 34.1 Å². The monoisotopic (exact) mass is 171 g/mol. The van der Waals surface area contributed by atoms with E-state index < -0.39 is 0 Å². The molecule has 0 saturated carbocycles. The predicted molar refractivity (Wildman–Crippen MR) is 56.5 cm³/mol. The average molecular weight is 171 g/mol. The van der Waals surface area contributed by atoms with Crippen molar-refractivity contribution in [2.45, 2.75) is 47.0 Å². The summed E-state index contributed by atoms with van der Waals surface area (Å²) in [5.41, 5.74) is 0. The van der Waals surface area contributed by atoms with Crippen molar-refractivity contribution in [1.29, 1.82) is 0 Å². The van der Waals surface area contributed by atoms with Crippen molar-refractivity contribution in [3.63, 3.8) is 0 Å². The van der Waals surface area contributed by atoms with Crippen molar-refractivity contribution in [2.24, 2.45) is 5.92 Å². The van der Waals surface area contributed by atoms with Crippen LogP contribution in [0.4, 0.5) is 0 Å². The summed E-state index contributed by atoms with van der Waals surface area (Å²) < 4.78 is 0. The molecule has 0 spiro atoms. The van der Waals surface area contributed by atoms with Gasteiger partial charge in [0.15, 0.2) is 0 Å². The van der Waals surface area contributed by atoms with Crippen LogP contribution in [0.5, 0.6) is 0 Å². The van der Waals surface area contributed by atoms with Crippen molar-refractivity contribution in [1.82, 2.24) is 4.90 Å². The molecular formula is C11H25N. The Morgan fingerprint density at radius 1 is 1.08 bits per heavy atom. The van der Waals surface area contributed by atoms with Gasteiger partial charge in [-0.15, -0.1) is 0 Å². The molecule has 0 amide bonds. The zero-order valence-corrected chi connectivity index (χ0v) is 9.27. The fourth-order valence-corrected chi connectivity index (χ4v) is 1.41. The lowest BCUT2D eigenvalue weighted by molar-refractivity contribution is 0.287. The lowest BCUT2D eigenvalue weighted by atomic mass is 10.0. The van der Waals surface area contributed by atoms with Crippen LogP contribution in [0, 0.1) is 5.92 Å². The van der Waals surface area contributed by atoms with Gasteiger partial charge in [0, 0.05) is 0 Å². The van der Waals surface area contributed by atoms with E-state index in [1.54, 1.807) is 0 Å². The van der Waals surface area contributed by atoms with Crippen LogP contribution in [0.3, 0.4) is 0 Å². The molecule has 0 N–H and O–H groups in total. The summed E-state index contributed by atoms with van der Waals surface area (Å²) in [5.74, 6) is 0.917. The van der Waals surface area contributed by atoms with Crippen LogP contribution in [0.25, 0.3) is 0 Å². The first kappa shape index (κ1) is 12.0. The summed E-state index contributed by atoms with van der Waals surface area (Å²) in [7, 11) is 0. The summed E-state index contributed by atoms with van der Waals surface area (Å²) in [6.45, 7) is 12.8. The molecule has 1 unspecified atom stereocenters. The third-order valence-electron chi connectivity index (χ3n) is 2.76. The molecule has 74 valence electrons. The Hall–Kier alpha value is -0.0400. The molecule has 0 aliphatic carbocycles. The van der Waals surface area contributed by atoms with Crippen molar-refractivity contribution in [3.05, 3.63) is 0 Å². The lowest BCUT2D eigenvalue weighted by Crippen LogP contribution is -2.24. The van der Waals surface area contributed by atoms with Crippen molar-refractivity contribution < 1.29 is 0 Å². The largest absolute Gasteiger partial charge is 0.304 e. The molecule has 1 atom stereocenters.